The van der Waals surface area contributed by atoms with Gasteiger partial charge in [0.25, 0.3) is 0 Å². The fourth-order valence-electron chi connectivity index (χ4n) is 6.13. The van der Waals surface area contributed by atoms with Crippen molar-refractivity contribution in [1.82, 2.24) is 0 Å². The van der Waals surface area contributed by atoms with Crippen LogP contribution in [0.15, 0.2) is 76.8 Å². The van der Waals surface area contributed by atoms with Gasteiger partial charge in [0.15, 0.2) is 11.9 Å². The summed E-state index contributed by atoms with van der Waals surface area (Å²) in [6.07, 6.45) is 4.64. The SMILES string of the molecule is CO[C@@H](C(=O)O[C@H](C)[C@H](C)/C=C/C1=CC2=C(Cl)C(=O)[C@@]3(C)O[C@]4(O)[C@H](C)[C@@H](C)OC(=O)[C@@H]4[C@H]3C2=CO1)c1ccccc1. The van der Waals surface area contributed by atoms with Gasteiger partial charge < -0.3 is 28.8 Å². The maximum atomic E-state index is 13.6. The number of hydrogen-bond acceptors (Lipinski definition) is 9. The Morgan fingerprint density at radius 3 is 2.50 bits per heavy atom. The van der Waals surface area contributed by atoms with Crippen LogP contribution in [0, 0.1) is 23.7 Å². The van der Waals surface area contributed by atoms with E-state index in [1.165, 1.54) is 20.3 Å². The lowest BCUT2D eigenvalue weighted by molar-refractivity contribution is -0.286. The Morgan fingerprint density at radius 1 is 1.14 bits per heavy atom. The summed E-state index contributed by atoms with van der Waals surface area (Å²) in [6.45, 7) is 8.60. The van der Waals surface area contributed by atoms with E-state index < -0.39 is 65.2 Å². The van der Waals surface area contributed by atoms with E-state index in [-0.39, 0.29) is 11.0 Å². The first-order valence-electron chi connectivity index (χ1n) is 14.0. The number of carbonyl (C=O) groups excluding carboxylic acids is 3. The molecule has 0 spiro atoms. The minimum Gasteiger partial charge on any atom is -0.465 e. The molecule has 0 amide bonds. The predicted molar refractivity (Wildman–Crippen MR) is 151 cm³/mol. The third-order valence-electron chi connectivity index (χ3n) is 8.96. The van der Waals surface area contributed by atoms with Crippen LogP contribution in [-0.4, -0.2) is 53.5 Å². The Hall–Kier alpha value is -3.24. The molecule has 2 saturated heterocycles. The summed E-state index contributed by atoms with van der Waals surface area (Å²) in [6, 6.07) is 9.10. The Morgan fingerprint density at radius 2 is 1.83 bits per heavy atom. The van der Waals surface area contributed by atoms with Gasteiger partial charge in [-0.25, -0.2) is 4.79 Å². The molecule has 0 radical (unpaired) electrons. The number of cyclic esters (lactones) is 1. The Kier molecular flexibility index (Phi) is 8.00. The van der Waals surface area contributed by atoms with Gasteiger partial charge in [-0.2, -0.15) is 0 Å². The third kappa shape index (κ3) is 4.82. The molecular formula is C32H35ClO9. The number of rotatable bonds is 7. The molecule has 1 N–H and O–H groups in total. The monoisotopic (exact) mass is 598 g/mol. The first kappa shape index (κ1) is 30.2. The lowest BCUT2D eigenvalue weighted by Crippen LogP contribution is -2.56. The molecule has 2 fully saturated rings. The minimum absolute atomic E-state index is 0.0765. The molecule has 3 aliphatic heterocycles. The highest BCUT2D eigenvalue weighted by molar-refractivity contribution is 6.45. The Balaban J connectivity index is 1.34. The van der Waals surface area contributed by atoms with Crippen LogP contribution in [-0.2, 0) is 38.1 Å². The molecule has 1 aromatic carbocycles. The third-order valence-corrected chi connectivity index (χ3v) is 9.34. The number of esters is 2. The highest BCUT2D eigenvalue weighted by Gasteiger charge is 2.72. The van der Waals surface area contributed by atoms with Gasteiger partial charge in [-0.3, -0.25) is 9.59 Å². The zero-order chi connectivity index (χ0) is 30.6. The molecule has 5 rings (SSSR count). The molecule has 1 aliphatic carbocycles. The normalized spacial score (nSPS) is 34.3. The van der Waals surface area contributed by atoms with Crippen LogP contribution in [0.25, 0.3) is 0 Å². The van der Waals surface area contributed by atoms with E-state index in [1.54, 1.807) is 45.1 Å². The van der Waals surface area contributed by atoms with Gasteiger partial charge in [0.05, 0.1) is 11.3 Å². The quantitative estimate of drug-likeness (QED) is 0.447. The van der Waals surface area contributed by atoms with Crippen molar-refractivity contribution in [3.05, 3.63) is 82.3 Å². The number of carbonyl (C=O) groups is 3. The Labute approximate surface area is 249 Å². The van der Waals surface area contributed by atoms with Gasteiger partial charge >= 0.3 is 11.9 Å². The zero-order valence-corrected chi connectivity index (χ0v) is 25.1. The molecule has 10 heteroatoms. The topological polar surface area (TPSA) is 118 Å². The molecule has 3 heterocycles. The van der Waals surface area contributed by atoms with E-state index in [2.05, 4.69) is 0 Å². The summed E-state index contributed by atoms with van der Waals surface area (Å²) in [5, 5.41) is 11.5. The average Bonchev–Trinajstić information content (AvgIpc) is 3.23. The summed E-state index contributed by atoms with van der Waals surface area (Å²) < 4.78 is 28.5. The second-order valence-electron chi connectivity index (χ2n) is 11.5. The molecule has 42 heavy (non-hydrogen) atoms. The van der Waals surface area contributed by atoms with Crippen LogP contribution < -0.4 is 0 Å². The van der Waals surface area contributed by atoms with Crippen LogP contribution in [0.1, 0.15) is 46.3 Å². The number of methoxy groups -OCH3 is 1. The van der Waals surface area contributed by atoms with Gasteiger partial charge in [0.1, 0.15) is 29.5 Å². The molecule has 0 bridgehead atoms. The molecule has 224 valence electrons. The number of allylic oxidation sites excluding steroid dienone is 3. The van der Waals surface area contributed by atoms with E-state index in [0.29, 0.717) is 22.5 Å². The second kappa shape index (κ2) is 11.1. The lowest BCUT2D eigenvalue weighted by Gasteiger charge is -2.42. The van der Waals surface area contributed by atoms with Crippen molar-refractivity contribution in [3.63, 3.8) is 0 Å². The smallest absolute Gasteiger partial charge is 0.340 e. The number of fused-ring (bicyclic) bond motifs is 5. The molecular weight excluding hydrogens is 564 g/mol. The van der Waals surface area contributed by atoms with Crippen molar-refractivity contribution in [2.24, 2.45) is 23.7 Å². The van der Waals surface area contributed by atoms with Gasteiger partial charge in [-0.1, -0.05) is 61.9 Å². The highest BCUT2D eigenvalue weighted by atomic mass is 35.5. The van der Waals surface area contributed by atoms with Crippen molar-refractivity contribution in [2.45, 2.75) is 64.3 Å². The van der Waals surface area contributed by atoms with Gasteiger partial charge in [-0.15, -0.1) is 0 Å². The number of ketones is 1. The summed E-state index contributed by atoms with van der Waals surface area (Å²) in [5.74, 6) is -5.99. The lowest BCUT2D eigenvalue weighted by atomic mass is 9.65. The molecule has 4 aliphatic rings. The maximum Gasteiger partial charge on any atom is 0.340 e. The standard InChI is InChI=1S/C32H35ClO9/c1-16(18(3)40-30(36)27(38-6)20-10-8-7-9-11-20)12-13-21-14-22-23(15-39-21)24-25-29(35)41-19(4)17(2)32(25,37)42-31(24,5)28(34)26(22)33/h7-19,24-25,27,37H,1-6H3/b13-12+/t16-,17-,18-,19-,24-,25+,27-,31+,32-/m1/s1. The van der Waals surface area contributed by atoms with Crippen LogP contribution in [0.5, 0.6) is 0 Å². The number of Topliss-reactive ketones (excluding diaryl/α,β-unsaturated/α-hetero) is 1. The maximum absolute atomic E-state index is 13.6. The molecule has 0 unspecified atom stereocenters. The van der Waals surface area contributed by atoms with Crippen LogP contribution >= 0.6 is 11.6 Å². The number of ether oxygens (including phenoxy) is 5. The highest BCUT2D eigenvalue weighted by Crippen LogP contribution is 2.60. The van der Waals surface area contributed by atoms with Crippen LogP contribution in [0.4, 0.5) is 0 Å². The second-order valence-corrected chi connectivity index (χ2v) is 11.9. The largest absolute Gasteiger partial charge is 0.465 e. The van der Waals surface area contributed by atoms with E-state index >= 15 is 0 Å². The van der Waals surface area contributed by atoms with Crippen molar-refractivity contribution in [1.29, 1.82) is 0 Å². The predicted octanol–water partition coefficient (Wildman–Crippen LogP) is 4.66. The van der Waals surface area contributed by atoms with E-state index in [9.17, 15) is 19.5 Å². The number of aliphatic hydroxyl groups is 1. The van der Waals surface area contributed by atoms with Gasteiger partial charge in [0.2, 0.25) is 5.78 Å². The molecule has 9 atom stereocenters. The van der Waals surface area contributed by atoms with Crippen LogP contribution in [0.2, 0.25) is 0 Å². The summed E-state index contributed by atoms with van der Waals surface area (Å²) in [5.41, 5.74) is -0.0225. The molecule has 0 aromatic heterocycles. The van der Waals surface area contributed by atoms with E-state index in [0.717, 1.165) is 0 Å². The minimum atomic E-state index is -1.91. The van der Waals surface area contributed by atoms with Crippen LogP contribution in [0.3, 0.4) is 0 Å². The average molecular weight is 599 g/mol. The number of benzene rings is 1. The van der Waals surface area contributed by atoms with E-state index in [1.807, 2.05) is 31.2 Å². The number of halogens is 1. The zero-order valence-electron chi connectivity index (χ0n) is 24.3. The fraction of sp³-hybridized carbons (Fsp3) is 0.469. The van der Waals surface area contributed by atoms with Gasteiger partial charge in [-0.05, 0) is 38.5 Å². The van der Waals surface area contributed by atoms with Crippen molar-refractivity contribution < 1.29 is 43.2 Å². The number of hydrogen-bond donors (Lipinski definition) is 1. The molecule has 0 saturated carbocycles. The summed E-state index contributed by atoms with van der Waals surface area (Å²) >= 11 is 6.59. The van der Waals surface area contributed by atoms with E-state index in [4.69, 9.17) is 35.3 Å². The molecule has 9 nitrogen and oxygen atoms in total. The summed E-state index contributed by atoms with van der Waals surface area (Å²) in [7, 11) is 1.45. The van der Waals surface area contributed by atoms with Crippen molar-refractivity contribution in [2.75, 3.05) is 7.11 Å². The fourth-order valence-corrected chi connectivity index (χ4v) is 6.48. The first-order chi connectivity index (χ1) is 19.8. The van der Waals surface area contributed by atoms with Crippen molar-refractivity contribution >= 4 is 29.3 Å². The molecule has 1 aromatic rings. The van der Waals surface area contributed by atoms with Gasteiger partial charge in [0, 0.05) is 36.0 Å². The Bertz CT molecular complexity index is 1410. The summed E-state index contributed by atoms with van der Waals surface area (Å²) in [4.78, 5) is 39.4. The first-order valence-corrected chi connectivity index (χ1v) is 14.3. The van der Waals surface area contributed by atoms with Crippen molar-refractivity contribution in [3.8, 4) is 0 Å².